The van der Waals surface area contributed by atoms with Gasteiger partial charge in [0.1, 0.15) is 0 Å². The second-order valence-electron chi connectivity index (χ2n) is 7.31. The van der Waals surface area contributed by atoms with Crippen LogP contribution in [0.3, 0.4) is 0 Å². The van der Waals surface area contributed by atoms with Crippen molar-refractivity contribution in [2.24, 2.45) is 4.99 Å². The minimum absolute atomic E-state index is 0.356. The summed E-state index contributed by atoms with van der Waals surface area (Å²) in [5, 5.41) is 3.67. The van der Waals surface area contributed by atoms with E-state index in [9.17, 15) is 0 Å². The van der Waals surface area contributed by atoms with E-state index in [1.807, 2.05) is 18.8 Å². The normalized spacial score (nSPS) is 25.6. The third-order valence-electron chi connectivity index (χ3n) is 5.49. The van der Waals surface area contributed by atoms with Crippen LogP contribution >= 0.6 is 11.8 Å². The van der Waals surface area contributed by atoms with Gasteiger partial charge in [-0.1, -0.05) is 30.4 Å². The maximum absolute atomic E-state index is 4.56. The minimum atomic E-state index is 0.356. The summed E-state index contributed by atoms with van der Waals surface area (Å²) in [5.74, 6) is 1.08. The zero-order valence-electron chi connectivity index (χ0n) is 15.0. The highest BCUT2D eigenvalue weighted by Gasteiger charge is 2.44. The molecule has 5 heteroatoms. The van der Waals surface area contributed by atoms with E-state index >= 15 is 0 Å². The summed E-state index contributed by atoms with van der Waals surface area (Å²) in [6.45, 7) is 5.44. The molecule has 1 aliphatic carbocycles. The number of aliphatic imine (C=N–C) groups is 1. The lowest BCUT2D eigenvalue weighted by Gasteiger charge is -2.26. The van der Waals surface area contributed by atoms with Gasteiger partial charge in [-0.3, -0.25) is 9.89 Å². The van der Waals surface area contributed by atoms with Crippen molar-refractivity contribution in [3.63, 3.8) is 0 Å². The lowest BCUT2D eigenvalue weighted by Crippen LogP contribution is -2.44. The molecule has 1 saturated heterocycles. The maximum atomic E-state index is 4.56. The summed E-state index contributed by atoms with van der Waals surface area (Å²) < 4.78 is 0.356. The molecule has 1 N–H and O–H groups in total. The fourth-order valence-corrected chi connectivity index (χ4v) is 5.03. The number of likely N-dealkylation sites (tertiary alicyclic amines) is 1. The molecule has 1 atom stereocenters. The Morgan fingerprint density at radius 1 is 1.24 bits per heavy atom. The van der Waals surface area contributed by atoms with Crippen LogP contribution in [0.1, 0.15) is 19.3 Å². The van der Waals surface area contributed by atoms with E-state index in [4.69, 9.17) is 0 Å². The molecule has 0 radical (unpaired) electrons. The smallest absolute Gasteiger partial charge is 0.193 e. The molecule has 3 aliphatic rings. The number of hydrogen-bond acceptors (Lipinski definition) is 3. The van der Waals surface area contributed by atoms with Gasteiger partial charge in [0.25, 0.3) is 0 Å². The van der Waals surface area contributed by atoms with Crippen LogP contribution in [0.2, 0.25) is 0 Å². The van der Waals surface area contributed by atoms with E-state index in [0.717, 1.165) is 38.7 Å². The molecule has 1 aromatic carbocycles. The Bertz CT molecular complexity index is 630. The largest absolute Gasteiger partial charge is 0.355 e. The van der Waals surface area contributed by atoms with E-state index in [1.165, 1.54) is 24.2 Å². The van der Waals surface area contributed by atoms with Crippen LogP contribution in [0.15, 0.2) is 52.4 Å². The molecule has 0 spiro atoms. The number of hydrogen-bond donors (Lipinski definition) is 1. The van der Waals surface area contributed by atoms with Gasteiger partial charge in [-0.15, -0.1) is 11.8 Å². The SMILES string of the molecule is CN=C(NCC1(Sc2ccccc2)CC1)N1CCC(N2CC=CC2)C1. The molecule has 2 heterocycles. The molecule has 2 fully saturated rings. The van der Waals surface area contributed by atoms with Gasteiger partial charge >= 0.3 is 0 Å². The van der Waals surface area contributed by atoms with E-state index in [1.54, 1.807) is 0 Å². The first-order chi connectivity index (χ1) is 12.3. The summed E-state index contributed by atoms with van der Waals surface area (Å²) in [5.41, 5.74) is 0. The molecule has 134 valence electrons. The zero-order valence-corrected chi connectivity index (χ0v) is 15.8. The molecule has 0 aromatic heterocycles. The zero-order chi connectivity index (χ0) is 17.1. The van der Waals surface area contributed by atoms with Crippen LogP contribution in [0.5, 0.6) is 0 Å². The number of thioether (sulfide) groups is 1. The molecule has 4 rings (SSSR count). The lowest BCUT2D eigenvalue weighted by molar-refractivity contribution is 0.259. The number of guanidine groups is 1. The molecule has 1 aromatic rings. The van der Waals surface area contributed by atoms with Crippen molar-refractivity contribution in [1.29, 1.82) is 0 Å². The van der Waals surface area contributed by atoms with Gasteiger partial charge in [0.15, 0.2) is 5.96 Å². The highest BCUT2D eigenvalue weighted by atomic mass is 32.2. The van der Waals surface area contributed by atoms with Crippen LogP contribution in [0, 0.1) is 0 Å². The quantitative estimate of drug-likeness (QED) is 0.499. The second kappa shape index (κ2) is 7.42. The van der Waals surface area contributed by atoms with Gasteiger partial charge in [-0.2, -0.15) is 0 Å². The molecule has 0 amide bonds. The maximum Gasteiger partial charge on any atom is 0.193 e. The van der Waals surface area contributed by atoms with Crippen LogP contribution < -0.4 is 5.32 Å². The monoisotopic (exact) mass is 356 g/mol. The van der Waals surface area contributed by atoms with Gasteiger partial charge in [0.2, 0.25) is 0 Å². The van der Waals surface area contributed by atoms with Crippen molar-refractivity contribution in [2.45, 2.75) is 34.9 Å². The summed E-state index contributed by atoms with van der Waals surface area (Å²) in [7, 11) is 1.91. The standard InChI is InChI=1S/C20H28N4S/c1-21-19(24-14-9-17(15-24)23-12-5-6-13-23)22-16-20(10-11-20)25-18-7-3-2-4-8-18/h2-8,17H,9-16H2,1H3,(H,21,22). The Hall–Kier alpha value is -1.46. The Morgan fingerprint density at radius 2 is 2.00 bits per heavy atom. The van der Waals surface area contributed by atoms with E-state index < -0.39 is 0 Å². The summed E-state index contributed by atoms with van der Waals surface area (Å²) >= 11 is 2.02. The van der Waals surface area contributed by atoms with Gasteiger partial charge in [-0.25, -0.2) is 0 Å². The van der Waals surface area contributed by atoms with E-state index in [-0.39, 0.29) is 0 Å². The summed E-state index contributed by atoms with van der Waals surface area (Å²) in [4.78, 5) is 10.9. The lowest BCUT2D eigenvalue weighted by atomic mass is 10.2. The third-order valence-corrected chi connectivity index (χ3v) is 6.98. The van der Waals surface area contributed by atoms with Crippen molar-refractivity contribution in [2.75, 3.05) is 39.8 Å². The molecule has 2 aliphatic heterocycles. The second-order valence-corrected chi connectivity index (χ2v) is 8.85. The average Bonchev–Trinajstić information content (AvgIpc) is 3.07. The number of nitrogens with one attached hydrogen (secondary N) is 1. The van der Waals surface area contributed by atoms with Gasteiger partial charge < -0.3 is 10.2 Å². The molecule has 25 heavy (non-hydrogen) atoms. The van der Waals surface area contributed by atoms with Crippen molar-refractivity contribution < 1.29 is 0 Å². The molecule has 0 bridgehead atoms. The predicted octanol–water partition coefficient (Wildman–Crippen LogP) is 2.83. The highest BCUT2D eigenvalue weighted by Crippen LogP contribution is 2.51. The Labute approximate surface area is 155 Å². The molecule has 1 saturated carbocycles. The average molecular weight is 357 g/mol. The summed E-state index contributed by atoms with van der Waals surface area (Å²) in [6.07, 6.45) is 8.39. The Morgan fingerprint density at radius 3 is 2.68 bits per heavy atom. The number of rotatable bonds is 5. The Balaban J connectivity index is 1.29. The first-order valence-corrected chi connectivity index (χ1v) is 10.2. The van der Waals surface area contributed by atoms with Gasteiger partial charge in [-0.05, 0) is 31.4 Å². The van der Waals surface area contributed by atoms with Crippen LogP contribution in [-0.2, 0) is 0 Å². The predicted molar refractivity (Wildman–Crippen MR) is 106 cm³/mol. The topological polar surface area (TPSA) is 30.9 Å². The van der Waals surface area contributed by atoms with Crippen molar-refractivity contribution in [1.82, 2.24) is 15.1 Å². The third kappa shape index (κ3) is 4.04. The van der Waals surface area contributed by atoms with Crippen LogP contribution in [0.4, 0.5) is 0 Å². The number of benzene rings is 1. The highest BCUT2D eigenvalue weighted by molar-refractivity contribution is 8.01. The fourth-order valence-electron chi connectivity index (χ4n) is 3.79. The number of nitrogens with zero attached hydrogens (tertiary/aromatic N) is 3. The van der Waals surface area contributed by atoms with Crippen molar-refractivity contribution in [3.8, 4) is 0 Å². The van der Waals surface area contributed by atoms with Gasteiger partial charge in [0.05, 0.1) is 0 Å². The van der Waals surface area contributed by atoms with E-state index in [2.05, 4.69) is 62.6 Å². The van der Waals surface area contributed by atoms with Crippen molar-refractivity contribution >= 4 is 17.7 Å². The molecular formula is C20H28N4S. The molecule has 4 nitrogen and oxygen atoms in total. The van der Waals surface area contributed by atoms with Gasteiger partial charge in [0, 0.05) is 55.5 Å². The molecule has 1 unspecified atom stereocenters. The summed E-state index contributed by atoms with van der Waals surface area (Å²) in [6, 6.07) is 11.4. The van der Waals surface area contributed by atoms with Crippen LogP contribution in [-0.4, -0.2) is 66.3 Å². The fraction of sp³-hybridized carbons (Fsp3) is 0.550. The first kappa shape index (κ1) is 17.0. The van der Waals surface area contributed by atoms with Crippen molar-refractivity contribution in [3.05, 3.63) is 42.5 Å². The van der Waals surface area contributed by atoms with E-state index in [0.29, 0.717) is 10.8 Å². The Kier molecular flexibility index (Phi) is 5.04. The first-order valence-electron chi connectivity index (χ1n) is 9.37. The van der Waals surface area contributed by atoms with Crippen LogP contribution in [0.25, 0.3) is 0 Å². The minimum Gasteiger partial charge on any atom is -0.355 e. The molecular weight excluding hydrogens is 328 g/mol.